The highest BCUT2D eigenvalue weighted by atomic mass is 35.5. The SMILES string of the molecule is CCCNC(c1cc(Cl)ccc1C)c1ccnn1CC. The van der Waals surface area contributed by atoms with Gasteiger partial charge in [-0.1, -0.05) is 24.6 Å². The predicted molar refractivity (Wildman–Crippen MR) is 84.2 cm³/mol. The van der Waals surface area contributed by atoms with E-state index >= 15 is 0 Å². The Kier molecular flexibility index (Phi) is 5.21. The number of hydrogen-bond donors (Lipinski definition) is 1. The molecule has 0 saturated heterocycles. The first-order valence-electron chi connectivity index (χ1n) is 7.18. The maximum Gasteiger partial charge on any atom is 0.0751 e. The van der Waals surface area contributed by atoms with Gasteiger partial charge in [0, 0.05) is 17.8 Å². The number of nitrogens with zero attached hydrogens (tertiary/aromatic N) is 2. The first-order valence-corrected chi connectivity index (χ1v) is 7.56. The summed E-state index contributed by atoms with van der Waals surface area (Å²) in [6.07, 6.45) is 2.95. The molecule has 0 aliphatic carbocycles. The zero-order valence-electron chi connectivity index (χ0n) is 12.4. The Hall–Kier alpha value is -1.32. The number of benzene rings is 1. The minimum atomic E-state index is 0.135. The van der Waals surface area contributed by atoms with Gasteiger partial charge in [0.05, 0.1) is 11.7 Å². The van der Waals surface area contributed by atoms with Gasteiger partial charge in [-0.25, -0.2) is 0 Å². The van der Waals surface area contributed by atoms with Crippen LogP contribution in [0.3, 0.4) is 0 Å². The Morgan fingerprint density at radius 1 is 1.30 bits per heavy atom. The van der Waals surface area contributed by atoms with E-state index in [-0.39, 0.29) is 6.04 Å². The molecule has 0 radical (unpaired) electrons. The number of hydrogen-bond acceptors (Lipinski definition) is 2. The van der Waals surface area contributed by atoms with Crippen molar-refractivity contribution in [1.29, 1.82) is 0 Å². The molecule has 1 aromatic heterocycles. The maximum atomic E-state index is 6.18. The molecule has 1 unspecified atom stereocenters. The van der Waals surface area contributed by atoms with Crippen LogP contribution in [0.1, 0.15) is 43.1 Å². The van der Waals surface area contributed by atoms with Crippen LogP contribution in [-0.4, -0.2) is 16.3 Å². The van der Waals surface area contributed by atoms with Crippen LogP contribution in [0, 0.1) is 6.92 Å². The van der Waals surface area contributed by atoms with Crippen molar-refractivity contribution in [2.45, 2.75) is 39.8 Å². The fraction of sp³-hybridized carbons (Fsp3) is 0.438. The van der Waals surface area contributed by atoms with E-state index in [1.807, 2.05) is 16.9 Å². The van der Waals surface area contributed by atoms with Crippen molar-refractivity contribution >= 4 is 11.6 Å². The van der Waals surface area contributed by atoms with E-state index in [4.69, 9.17) is 11.6 Å². The summed E-state index contributed by atoms with van der Waals surface area (Å²) in [6.45, 7) is 8.24. The van der Waals surface area contributed by atoms with Crippen molar-refractivity contribution in [3.63, 3.8) is 0 Å². The van der Waals surface area contributed by atoms with Gasteiger partial charge < -0.3 is 5.32 Å². The van der Waals surface area contributed by atoms with Crippen LogP contribution < -0.4 is 5.32 Å². The predicted octanol–water partition coefficient (Wildman–Crippen LogP) is 3.95. The molecule has 1 heterocycles. The van der Waals surface area contributed by atoms with Crippen molar-refractivity contribution in [3.8, 4) is 0 Å². The molecule has 2 rings (SSSR count). The Labute approximate surface area is 126 Å². The molecule has 0 amide bonds. The Bertz CT molecular complexity index is 563. The zero-order valence-corrected chi connectivity index (χ0v) is 13.1. The second kappa shape index (κ2) is 6.91. The van der Waals surface area contributed by atoms with Crippen molar-refractivity contribution < 1.29 is 0 Å². The minimum absolute atomic E-state index is 0.135. The highest BCUT2D eigenvalue weighted by Gasteiger charge is 2.19. The third kappa shape index (κ3) is 3.22. The van der Waals surface area contributed by atoms with Gasteiger partial charge in [-0.05, 0) is 56.1 Å². The molecule has 3 nitrogen and oxygen atoms in total. The molecule has 0 aliphatic heterocycles. The fourth-order valence-electron chi connectivity index (χ4n) is 2.44. The van der Waals surface area contributed by atoms with Crippen LogP contribution in [-0.2, 0) is 6.54 Å². The van der Waals surface area contributed by atoms with Crippen LogP contribution in [0.4, 0.5) is 0 Å². The normalized spacial score (nSPS) is 12.6. The van der Waals surface area contributed by atoms with Crippen LogP contribution in [0.25, 0.3) is 0 Å². The van der Waals surface area contributed by atoms with Gasteiger partial charge in [-0.2, -0.15) is 5.10 Å². The van der Waals surface area contributed by atoms with Gasteiger partial charge in [-0.3, -0.25) is 4.68 Å². The standard InChI is InChI=1S/C16H22ClN3/c1-4-9-18-16(15-8-10-19-20(15)5-2)14-11-13(17)7-6-12(14)3/h6-8,10-11,16,18H,4-5,9H2,1-3H3. The summed E-state index contributed by atoms with van der Waals surface area (Å²) in [5.74, 6) is 0. The van der Waals surface area contributed by atoms with E-state index in [9.17, 15) is 0 Å². The van der Waals surface area contributed by atoms with Crippen molar-refractivity contribution in [2.24, 2.45) is 0 Å². The Morgan fingerprint density at radius 2 is 2.10 bits per heavy atom. The number of halogens is 1. The van der Waals surface area contributed by atoms with E-state index in [0.717, 1.165) is 24.5 Å². The maximum absolute atomic E-state index is 6.18. The third-order valence-electron chi connectivity index (χ3n) is 3.50. The van der Waals surface area contributed by atoms with E-state index in [1.54, 1.807) is 0 Å². The first kappa shape index (κ1) is 15.1. The largest absolute Gasteiger partial charge is 0.305 e. The lowest BCUT2D eigenvalue weighted by atomic mass is 9.98. The summed E-state index contributed by atoms with van der Waals surface area (Å²) in [4.78, 5) is 0. The van der Waals surface area contributed by atoms with Crippen LogP contribution in [0.5, 0.6) is 0 Å². The van der Waals surface area contributed by atoms with Crippen molar-refractivity contribution in [2.75, 3.05) is 6.54 Å². The number of nitrogens with one attached hydrogen (secondary N) is 1. The lowest BCUT2D eigenvalue weighted by Crippen LogP contribution is -2.26. The lowest BCUT2D eigenvalue weighted by molar-refractivity contribution is 0.528. The van der Waals surface area contributed by atoms with E-state index in [0.29, 0.717) is 0 Å². The summed E-state index contributed by atoms with van der Waals surface area (Å²) >= 11 is 6.18. The molecule has 0 spiro atoms. The monoisotopic (exact) mass is 291 g/mol. The molecule has 4 heteroatoms. The summed E-state index contributed by atoms with van der Waals surface area (Å²) in [6, 6.07) is 8.28. The molecule has 0 saturated carbocycles. The molecular weight excluding hydrogens is 270 g/mol. The van der Waals surface area contributed by atoms with Gasteiger partial charge >= 0.3 is 0 Å². The average molecular weight is 292 g/mol. The van der Waals surface area contributed by atoms with Gasteiger partial charge in [0.15, 0.2) is 0 Å². The minimum Gasteiger partial charge on any atom is -0.305 e. The topological polar surface area (TPSA) is 29.9 Å². The lowest BCUT2D eigenvalue weighted by Gasteiger charge is -2.22. The van der Waals surface area contributed by atoms with Crippen LogP contribution in [0.15, 0.2) is 30.5 Å². The van der Waals surface area contributed by atoms with Crippen LogP contribution >= 0.6 is 11.6 Å². The van der Waals surface area contributed by atoms with Gasteiger partial charge in [0.25, 0.3) is 0 Å². The highest BCUT2D eigenvalue weighted by Crippen LogP contribution is 2.27. The van der Waals surface area contributed by atoms with Gasteiger partial charge in [-0.15, -0.1) is 0 Å². The summed E-state index contributed by atoms with van der Waals surface area (Å²) < 4.78 is 2.04. The molecule has 2 aromatic rings. The molecule has 1 N–H and O–H groups in total. The zero-order chi connectivity index (χ0) is 14.5. The Morgan fingerprint density at radius 3 is 2.80 bits per heavy atom. The molecule has 1 atom stereocenters. The molecule has 0 bridgehead atoms. The highest BCUT2D eigenvalue weighted by molar-refractivity contribution is 6.30. The molecular formula is C16H22ClN3. The van der Waals surface area contributed by atoms with E-state index in [1.165, 1.54) is 16.8 Å². The molecule has 0 aliphatic rings. The van der Waals surface area contributed by atoms with E-state index in [2.05, 4.69) is 49.4 Å². The first-order chi connectivity index (χ1) is 9.67. The van der Waals surface area contributed by atoms with Crippen molar-refractivity contribution in [1.82, 2.24) is 15.1 Å². The van der Waals surface area contributed by atoms with Crippen molar-refractivity contribution in [3.05, 3.63) is 52.3 Å². The summed E-state index contributed by atoms with van der Waals surface area (Å²) in [5, 5.41) is 8.77. The molecule has 20 heavy (non-hydrogen) atoms. The second-order valence-corrected chi connectivity index (χ2v) is 5.40. The van der Waals surface area contributed by atoms with Gasteiger partial charge in [0.1, 0.15) is 0 Å². The average Bonchev–Trinajstić information content (AvgIpc) is 2.91. The fourth-order valence-corrected chi connectivity index (χ4v) is 2.62. The summed E-state index contributed by atoms with van der Waals surface area (Å²) in [7, 11) is 0. The second-order valence-electron chi connectivity index (χ2n) is 4.96. The Balaban J connectivity index is 2.44. The number of aromatic nitrogens is 2. The third-order valence-corrected chi connectivity index (χ3v) is 3.73. The van der Waals surface area contributed by atoms with Gasteiger partial charge in [0.2, 0.25) is 0 Å². The summed E-state index contributed by atoms with van der Waals surface area (Å²) in [5.41, 5.74) is 3.65. The quantitative estimate of drug-likeness (QED) is 0.873. The van der Waals surface area contributed by atoms with E-state index < -0.39 is 0 Å². The van der Waals surface area contributed by atoms with Crippen LogP contribution in [0.2, 0.25) is 5.02 Å². The number of rotatable bonds is 6. The molecule has 108 valence electrons. The number of aryl methyl sites for hydroxylation is 2. The molecule has 1 aromatic carbocycles. The smallest absolute Gasteiger partial charge is 0.0751 e. The molecule has 0 fully saturated rings.